The summed E-state index contributed by atoms with van der Waals surface area (Å²) in [7, 11) is 0. The van der Waals surface area contributed by atoms with Crippen LogP contribution < -0.4 is 0 Å². The second-order valence-corrected chi connectivity index (χ2v) is 12.6. The zero-order valence-corrected chi connectivity index (χ0v) is 26.5. The van der Waals surface area contributed by atoms with Crippen LogP contribution in [0.1, 0.15) is 150 Å². The summed E-state index contributed by atoms with van der Waals surface area (Å²) in [6.45, 7) is 10.2. The Bertz CT molecular complexity index is 608. The normalized spacial score (nSPS) is 15.3. The minimum atomic E-state index is -0.821. The van der Waals surface area contributed by atoms with Crippen molar-refractivity contribution in [1.82, 2.24) is 0 Å². The molecule has 0 rings (SSSR count). The Kier molecular flexibility index (Phi) is 23.0. The summed E-state index contributed by atoms with van der Waals surface area (Å²) in [5.74, 6) is -3.89. The molecular formula is C33H64NO6+. The molecule has 0 aromatic heterocycles. The Morgan fingerprint density at radius 2 is 0.700 bits per heavy atom. The van der Waals surface area contributed by atoms with Gasteiger partial charge >= 0.3 is 17.9 Å². The van der Waals surface area contributed by atoms with E-state index in [0.29, 0.717) is 43.4 Å². The number of unbranched alkanes of at least 4 members (excludes halogenated alkanes) is 15. The zero-order valence-electron chi connectivity index (χ0n) is 26.5. The molecule has 40 heavy (non-hydrogen) atoms. The number of hydrogen-bond acceptors (Lipinski definition) is 3. The van der Waals surface area contributed by atoms with E-state index in [4.69, 9.17) is 0 Å². The minimum absolute atomic E-state index is 0.475. The van der Waals surface area contributed by atoms with Gasteiger partial charge in [-0.1, -0.05) is 118 Å². The Morgan fingerprint density at radius 3 is 0.950 bits per heavy atom. The van der Waals surface area contributed by atoms with E-state index >= 15 is 0 Å². The van der Waals surface area contributed by atoms with Gasteiger partial charge in [0.05, 0.1) is 43.9 Å². The quantitative estimate of drug-likeness (QED) is 0.0615. The van der Waals surface area contributed by atoms with Gasteiger partial charge in [0.2, 0.25) is 0 Å². The topological polar surface area (TPSA) is 112 Å². The minimum Gasteiger partial charge on any atom is -0.481 e. The Hall–Kier alpha value is -1.63. The van der Waals surface area contributed by atoms with E-state index in [1.165, 1.54) is 89.9 Å². The number of hydrogen-bond donors (Lipinski definition) is 3. The summed E-state index contributed by atoms with van der Waals surface area (Å²) in [6, 6.07) is 0. The lowest BCUT2D eigenvalue weighted by Gasteiger charge is -2.40. The highest BCUT2D eigenvalue weighted by Crippen LogP contribution is 2.22. The lowest BCUT2D eigenvalue weighted by atomic mass is 10.0. The smallest absolute Gasteiger partial charge is 0.306 e. The van der Waals surface area contributed by atoms with E-state index in [2.05, 4.69) is 6.92 Å². The monoisotopic (exact) mass is 570 g/mol. The highest BCUT2D eigenvalue weighted by Gasteiger charge is 2.31. The van der Waals surface area contributed by atoms with Crippen molar-refractivity contribution < 1.29 is 34.2 Å². The molecule has 0 aromatic carbocycles. The van der Waals surface area contributed by atoms with Crippen molar-refractivity contribution >= 4 is 17.9 Å². The first-order chi connectivity index (χ1) is 19.0. The van der Waals surface area contributed by atoms with Gasteiger partial charge in [-0.2, -0.15) is 0 Å². The van der Waals surface area contributed by atoms with Crippen LogP contribution in [0.2, 0.25) is 0 Å². The number of nitrogens with zero attached hydrogens (tertiary/aromatic N) is 1. The van der Waals surface area contributed by atoms with Crippen molar-refractivity contribution in [1.29, 1.82) is 0 Å². The Labute approximate surface area is 245 Å². The van der Waals surface area contributed by atoms with Crippen LogP contribution in [0.5, 0.6) is 0 Å². The van der Waals surface area contributed by atoms with Crippen LogP contribution in [0.15, 0.2) is 0 Å². The van der Waals surface area contributed by atoms with Crippen molar-refractivity contribution in [3.8, 4) is 0 Å². The van der Waals surface area contributed by atoms with Crippen LogP contribution in [0, 0.1) is 17.8 Å². The number of carboxylic acids is 3. The van der Waals surface area contributed by atoms with Crippen molar-refractivity contribution in [2.45, 2.75) is 150 Å². The number of carbonyl (C=O) groups is 3. The maximum absolute atomic E-state index is 11.5. The predicted octanol–water partition coefficient (Wildman–Crippen LogP) is 8.40. The van der Waals surface area contributed by atoms with Gasteiger partial charge in [0.15, 0.2) is 0 Å². The molecule has 7 heteroatoms. The van der Waals surface area contributed by atoms with Gasteiger partial charge in [0, 0.05) is 19.3 Å². The zero-order chi connectivity index (χ0) is 30.2. The van der Waals surface area contributed by atoms with Crippen molar-refractivity contribution in [3.63, 3.8) is 0 Å². The maximum Gasteiger partial charge on any atom is 0.306 e. The Morgan fingerprint density at radius 1 is 0.450 bits per heavy atom. The van der Waals surface area contributed by atoms with E-state index in [1.807, 2.05) is 0 Å². The largest absolute Gasteiger partial charge is 0.481 e. The number of aliphatic carboxylic acids is 3. The molecule has 0 aliphatic carbocycles. The average molecular weight is 571 g/mol. The molecule has 0 heterocycles. The van der Waals surface area contributed by atoms with Gasteiger partial charge in [-0.25, -0.2) is 0 Å². The third kappa shape index (κ3) is 20.3. The van der Waals surface area contributed by atoms with Crippen LogP contribution in [0.3, 0.4) is 0 Å². The summed E-state index contributed by atoms with van der Waals surface area (Å²) in [5, 5.41) is 28.3. The molecule has 0 aromatic rings. The van der Waals surface area contributed by atoms with Gasteiger partial charge in [0.25, 0.3) is 0 Å². The standard InChI is InChI=1S/C33H63NO6/c1-5-6-7-8-9-10-11-12-13-14-15-16-17-18-19-20-24-34(25-21-28(2)31(35)36,26-22-29(3)32(37)38)27-23-30(4)33(39)40/h28-30H,5-27H2,1-4H3,(H2-,35,36,37,38,39,40)/p+1. The Balaban J connectivity index is 4.59. The summed E-state index contributed by atoms with van der Waals surface area (Å²) >= 11 is 0. The summed E-state index contributed by atoms with van der Waals surface area (Å²) in [4.78, 5) is 34.4. The summed E-state index contributed by atoms with van der Waals surface area (Å²) in [5.41, 5.74) is 0. The number of quaternary nitrogens is 1. The molecule has 0 saturated carbocycles. The third-order valence-corrected chi connectivity index (χ3v) is 8.86. The fourth-order valence-electron chi connectivity index (χ4n) is 5.44. The predicted molar refractivity (Wildman–Crippen MR) is 164 cm³/mol. The molecule has 0 amide bonds. The lowest BCUT2D eigenvalue weighted by molar-refractivity contribution is -0.929. The molecule has 0 radical (unpaired) electrons. The molecule has 0 spiro atoms. The van der Waals surface area contributed by atoms with Crippen LogP contribution in [-0.2, 0) is 14.4 Å². The lowest BCUT2D eigenvalue weighted by Crippen LogP contribution is -2.52. The van der Waals surface area contributed by atoms with Crippen LogP contribution in [-0.4, -0.2) is 63.9 Å². The van der Waals surface area contributed by atoms with E-state index in [-0.39, 0.29) is 0 Å². The second kappa shape index (κ2) is 24.0. The number of rotatable bonds is 29. The molecule has 3 N–H and O–H groups in total. The molecule has 7 nitrogen and oxygen atoms in total. The van der Waals surface area contributed by atoms with Gasteiger partial charge < -0.3 is 19.8 Å². The number of carboxylic acid groups (broad SMARTS) is 3. The average Bonchev–Trinajstić information content (AvgIpc) is 2.92. The van der Waals surface area contributed by atoms with Gasteiger partial charge in [-0.15, -0.1) is 0 Å². The molecule has 0 saturated heterocycles. The highest BCUT2D eigenvalue weighted by atomic mass is 16.4. The summed E-state index contributed by atoms with van der Waals surface area (Å²) in [6.07, 6.45) is 22.4. The van der Waals surface area contributed by atoms with Gasteiger partial charge in [0.1, 0.15) is 0 Å². The molecule has 0 aliphatic heterocycles. The van der Waals surface area contributed by atoms with E-state index in [9.17, 15) is 29.7 Å². The van der Waals surface area contributed by atoms with E-state index in [1.54, 1.807) is 20.8 Å². The molecule has 3 unspecified atom stereocenters. The molecule has 0 aliphatic rings. The van der Waals surface area contributed by atoms with E-state index in [0.717, 1.165) is 19.4 Å². The molecule has 0 fully saturated rings. The SMILES string of the molecule is CCCCCCCCCCCCCCCCCC[N+](CCC(C)C(=O)O)(CCC(C)C(=O)O)CCC(C)C(=O)O. The van der Waals surface area contributed by atoms with Crippen LogP contribution in [0.25, 0.3) is 0 Å². The molecule has 3 atom stereocenters. The fraction of sp³-hybridized carbons (Fsp3) is 0.909. The third-order valence-electron chi connectivity index (χ3n) is 8.86. The van der Waals surface area contributed by atoms with Crippen molar-refractivity contribution in [2.24, 2.45) is 17.8 Å². The highest BCUT2D eigenvalue weighted by molar-refractivity contribution is 5.70. The molecular weight excluding hydrogens is 506 g/mol. The van der Waals surface area contributed by atoms with Crippen LogP contribution in [0.4, 0.5) is 0 Å². The van der Waals surface area contributed by atoms with Gasteiger partial charge in [-0.3, -0.25) is 14.4 Å². The van der Waals surface area contributed by atoms with Crippen LogP contribution >= 0.6 is 0 Å². The maximum atomic E-state index is 11.5. The first-order valence-corrected chi connectivity index (χ1v) is 16.6. The second-order valence-electron chi connectivity index (χ2n) is 12.6. The molecule has 236 valence electrons. The summed E-state index contributed by atoms with van der Waals surface area (Å²) < 4.78 is 0.617. The first kappa shape index (κ1) is 38.4. The first-order valence-electron chi connectivity index (χ1n) is 16.6. The fourth-order valence-corrected chi connectivity index (χ4v) is 5.44. The van der Waals surface area contributed by atoms with Crippen molar-refractivity contribution in [3.05, 3.63) is 0 Å². The molecule has 0 bridgehead atoms. The van der Waals surface area contributed by atoms with E-state index < -0.39 is 35.7 Å². The van der Waals surface area contributed by atoms with Gasteiger partial charge in [-0.05, 0) is 12.8 Å². The van der Waals surface area contributed by atoms with Crippen molar-refractivity contribution in [2.75, 3.05) is 26.2 Å².